The first-order valence-electron chi connectivity index (χ1n) is 28.7. The Kier molecular flexibility index (Phi) is 48.7. The predicted molar refractivity (Wildman–Crippen MR) is 286 cm³/mol. The van der Waals surface area contributed by atoms with Gasteiger partial charge >= 0.3 is 11.9 Å². The van der Waals surface area contributed by atoms with Crippen molar-refractivity contribution in [3.63, 3.8) is 0 Å². The smallest absolute Gasteiger partial charge is 0.306 e. The van der Waals surface area contributed by atoms with Crippen molar-refractivity contribution >= 4 is 17.9 Å². The first-order valence-corrected chi connectivity index (χ1v) is 28.7. The number of nitrogens with zero attached hydrogens (tertiary/aromatic N) is 1. The second kappa shape index (κ2) is 50.7. The number of hydrogen-bond donors (Lipinski definition) is 0. The van der Waals surface area contributed by atoms with Gasteiger partial charge < -0.3 is 28.6 Å². The number of quaternary nitrogens is 1. The van der Waals surface area contributed by atoms with Crippen LogP contribution >= 0.6 is 0 Å². The molecule has 0 aliphatic heterocycles. The molecule has 0 saturated carbocycles. The minimum absolute atomic E-state index is 0.0414. The summed E-state index contributed by atoms with van der Waals surface area (Å²) in [5, 5.41) is 11.7. The molecule has 0 aliphatic carbocycles. The number of aliphatic carboxylic acids is 1. The van der Waals surface area contributed by atoms with Crippen LogP contribution in [-0.2, 0) is 28.6 Å². The number of likely N-dealkylation sites (N-methyl/N-ethyl adjacent to an activating group) is 1. The molecule has 0 aliphatic rings. The molecule has 2 unspecified atom stereocenters. The van der Waals surface area contributed by atoms with Crippen molar-refractivity contribution in [2.75, 3.05) is 41.0 Å². The number of allylic oxidation sites excluding steroid dienone is 8. The lowest BCUT2D eigenvalue weighted by molar-refractivity contribution is -0.889. The van der Waals surface area contributed by atoms with Crippen molar-refractivity contribution in [1.82, 2.24) is 0 Å². The van der Waals surface area contributed by atoms with E-state index in [1.54, 1.807) is 0 Å². The van der Waals surface area contributed by atoms with Crippen molar-refractivity contribution in [2.45, 2.75) is 276 Å². The van der Waals surface area contributed by atoms with Gasteiger partial charge in [0.1, 0.15) is 12.6 Å². The number of esters is 2. The van der Waals surface area contributed by atoms with Crippen LogP contribution in [0.2, 0.25) is 0 Å². The van der Waals surface area contributed by atoms with Crippen molar-refractivity contribution < 1.29 is 38.2 Å². The topological polar surface area (TPSA) is 102 Å². The number of carboxylic acid groups (broad SMARTS) is 1. The van der Waals surface area contributed by atoms with Crippen LogP contribution in [0.1, 0.15) is 264 Å². The summed E-state index contributed by atoms with van der Waals surface area (Å²) in [6.07, 6.45) is 62.9. The van der Waals surface area contributed by atoms with Crippen molar-refractivity contribution in [3.05, 3.63) is 48.6 Å². The van der Waals surface area contributed by atoms with Crippen molar-refractivity contribution in [2.24, 2.45) is 0 Å². The predicted octanol–water partition coefficient (Wildman–Crippen LogP) is 15.8. The Hall–Kier alpha value is -2.71. The highest BCUT2D eigenvalue weighted by Crippen LogP contribution is 2.17. The highest BCUT2D eigenvalue weighted by atomic mass is 16.6. The Labute approximate surface area is 420 Å². The zero-order chi connectivity index (χ0) is 49.9. The van der Waals surface area contributed by atoms with Crippen LogP contribution in [0.4, 0.5) is 0 Å². The molecule has 8 heteroatoms. The van der Waals surface area contributed by atoms with Gasteiger partial charge in [0.25, 0.3) is 0 Å². The number of hydrogen-bond acceptors (Lipinski definition) is 7. The highest BCUT2D eigenvalue weighted by Gasteiger charge is 2.25. The molecule has 0 N–H and O–H groups in total. The van der Waals surface area contributed by atoms with Crippen LogP contribution in [0, 0.1) is 0 Å². The van der Waals surface area contributed by atoms with E-state index in [0.29, 0.717) is 12.8 Å². The summed E-state index contributed by atoms with van der Waals surface area (Å²) in [6.45, 7) is 4.59. The second-order valence-corrected chi connectivity index (χ2v) is 20.5. The van der Waals surface area contributed by atoms with Gasteiger partial charge in [-0.2, -0.15) is 0 Å². The van der Waals surface area contributed by atoms with E-state index in [0.717, 1.165) is 64.2 Å². The van der Waals surface area contributed by atoms with Crippen LogP contribution in [0.15, 0.2) is 48.6 Å². The Morgan fingerprint density at radius 3 is 1.22 bits per heavy atom. The Balaban J connectivity index is 4.16. The van der Waals surface area contributed by atoms with Crippen LogP contribution in [0.5, 0.6) is 0 Å². The first kappa shape index (κ1) is 65.3. The summed E-state index contributed by atoms with van der Waals surface area (Å²) in [5.74, 6) is -1.72. The number of carbonyl (C=O) groups is 3. The van der Waals surface area contributed by atoms with Gasteiger partial charge in [0.15, 0.2) is 6.10 Å². The molecule has 0 aromatic heterocycles. The van der Waals surface area contributed by atoms with E-state index >= 15 is 0 Å². The average molecular weight is 957 g/mol. The van der Waals surface area contributed by atoms with E-state index in [9.17, 15) is 19.5 Å². The van der Waals surface area contributed by atoms with Gasteiger partial charge in [-0.05, 0) is 51.4 Å². The maximum absolute atomic E-state index is 12.8. The fourth-order valence-corrected chi connectivity index (χ4v) is 8.59. The lowest BCUT2D eigenvalue weighted by Crippen LogP contribution is -2.55. The number of carboxylic acids is 1. The molecule has 0 spiro atoms. The molecule has 0 bridgehead atoms. The quantitative estimate of drug-likeness (QED) is 0.0259. The van der Waals surface area contributed by atoms with Gasteiger partial charge in [0.2, 0.25) is 0 Å². The third-order valence-electron chi connectivity index (χ3n) is 13.0. The van der Waals surface area contributed by atoms with Crippen molar-refractivity contribution in [1.29, 1.82) is 0 Å². The first-order chi connectivity index (χ1) is 33.1. The minimum atomic E-state index is -1.12. The molecule has 0 aromatic carbocycles. The Morgan fingerprint density at radius 1 is 0.456 bits per heavy atom. The summed E-state index contributed by atoms with van der Waals surface area (Å²) >= 11 is 0. The van der Waals surface area contributed by atoms with Crippen LogP contribution in [0.25, 0.3) is 0 Å². The lowest BCUT2D eigenvalue weighted by Gasteiger charge is -2.34. The van der Waals surface area contributed by atoms with Gasteiger partial charge in [-0.15, -0.1) is 0 Å². The maximum atomic E-state index is 12.8. The van der Waals surface area contributed by atoms with E-state index in [-0.39, 0.29) is 42.7 Å². The van der Waals surface area contributed by atoms with Crippen LogP contribution < -0.4 is 5.11 Å². The second-order valence-electron chi connectivity index (χ2n) is 20.5. The molecule has 0 fully saturated rings. The number of rotatable bonds is 52. The molecule has 0 saturated heterocycles. The zero-order valence-electron chi connectivity index (χ0n) is 45.3. The van der Waals surface area contributed by atoms with E-state index in [2.05, 4.69) is 62.5 Å². The van der Waals surface area contributed by atoms with Crippen LogP contribution in [0.3, 0.4) is 0 Å². The molecule has 396 valence electrons. The molecule has 8 nitrogen and oxygen atoms in total. The molecular weight excluding hydrogens is 847 g/mol. The third kappa shape index (κ3) is 48.3. The Morgan fingerprint density at radius 2 is 0.824 bits per heavy atom. The van der Waals surface area contributed by atoms with E-state index in [4.69, 9.17) is 14.2 Å². The maximum Gasteiger partial charge on any atom is 0.306 e. The van der Waals surface area contributed by atoms with Crippen molar-refractivity contribution in [3.8, 4) is 0 Å². The molecule has 0 radical (unpaired) electrons. The Bertz CT molecular complexity index is 1250. The molecule has 0 rings (SSSR count). The largest absolute Gasteiger partial charge is 0.544 e. The van der Waals surface area contributed by atoms with E-state index in [1.807, 2.05) is 21.1 Å². The van der Waals surface area contributed by atoms with Gasteiger partial charge in [0, 0.05) is 19.3 Å². The van der Waals surface area contributed by atoms with Gasteiger partial charge in [0.05, 0.1) is 40.3 Å². The third-order valence-corrected chi connectivity index (χ3v) is 13.0. The molecular formula is C60H109NO7. The number of unbranched alkanes of at least 4 members (excludes halogenated alkanes) is 30. The van der Waals surface area contributed by atoms with E-state index < -0.39 is 18.1 Å². The number of ether oxygens (including phenoxy) is 3. The van der Waals surface area contributed by atoms with Crippen LogP contribution in [-0.4, -0.2) is 75.5 Å². The SMILES string of the molecule is CC/C=C\C/C=C\C/C=C\C/C=C\CCCCCCCCCCCCC(=O)OC(COCCC(C(=O)[O-])[N+](C)(C)C)COC(=O)CCCCCCCCCCCCCCCCCCCCCCC. The number of carbonyl (C=O) groups excluding carboxylic acids is 3. The summed E-state index contributed by atoms with van der Waals surface area (Å²) in [4.78, 5) is 37.2. The standard InChI is InChI=1S/C60H109NO7/c1-6-8-10-12-14-16-18-20-22-24-26-28-29-31-33-35-37-39-41-43-45-47-49-51-59(63)68-56(54-66-53-52-57(60(64)65)61(3,4)5)55-67-58(62)50-48-46-44-42-40-38-36-34-32-30-27-25-23-21-19-17-15-13-11-9-7-2/h8,10,14,16,20,22,26,28,56-57H,6-7,9,11-13,15,17-19,21,23-25,27,29-55H2,1-5H3/b10-8-,16-14-,22-20-,28-26-. The summed E-state index contributed by atoms with van der Waals surface area (Å²) in [5.41, 5.74) is 0. The molecule has 2 atom stereocenters. The highest BCUT2D eigenvalue weighted by molar-refractivity contribution is 5.70. The lowest BCUT2D eigenvalue weighted by atomic mass is 10.0. The molecule has 0 heterocycles. The molecule has 68 heavy (non-hydrogen) atoms. The molecule has 0 amide bonds. The average Bonchev–Trinajstić information content (AvgIpc) is 3.30. The van der Waals surface area contributed by atoms with E-state index in [1.165, 1.54) is 167 Å². The van der Waals surface area contributed by atoms with Gasteiger partial charge in [-0.25, -0.2) is 0 Å². The van der Waals surface area contributed by atoms with Gasteiger partial charge in [-0.1, -0.05) is 242 Å². The summed E-state index contributed by atoms with van der Waals surface area (Å²) in [7, 11) is 5.43. The zero-order valence-corrected chi connectivity index (χ0v) is 45.3. The summed E-state index contributed by atoms with van der Waals surface area (Å²) < 4.78 is 17.3. The summed E-state index contributed by atoms with van der Waals surface area (Å²) in [6, 6.07) is -0.727. The monoisotopic (exact) mass is 956 g/mol. The molecule has 0 aromatic rings. The normalized spacial score (nSPS) is 13.1. The minimum Gasteiger partial charge on any atom is -0.544 e. The fraction of sp³-hybridized carbons (Fsp3) is 0.817. The van der Waals surface area contributed by atoms with Gasteiger partial charge in [-0.3, -0.25) is 9.59 Å². The fourth-order valence-electron chi connectivity index (χ4n) is 8.59.